The number of imide groups is 1. The standard InChI is InChI=1S/C19H18N2O3S/c1-2-13-7-8-16(25-13)15(22)11-21-17(23)19(20-18(21)24)10-9-12-5-3-4-6-14(12)19/h3-8H,2,9-11H2,1H3,(H,20,24). The van der Waals surface area contributed by atoms with Crippen molar-refractivity contribution >= 4 is 29.1 Å². The normalized spacial score (nSPS) is 21.7. The summed E-state index contributed by atoms with van der Waals surface area (Å²) in [5, 5.41) is 2.85. The first kappa shape index (κ1) is 16.0. The number of carbonyl (C=O) groups is 3. The Labute approximate surface area is 149 Å². The fourth-order valence-electron chi connectivity index (χ4n) is 3.67. The molecule has 5 nitrogen and oxygen atoms in total. The monoisotopic (exact) mass is 354 g/mol. The number of nitrogens with one attached hydrogen (secondary N) is 1. The molecule has 1 fully saturated rings. The maximum Gasteiger partial charge on any atom is 0.325 e. The van der Waals surface area contributed by atoms with Crippen LogP contribution in [0.2, 0.25) is 0 Å². The van der Waals surface area contributed by atoms with Crippen LogP contribution in [-0.4, -0.2) is 29.2 Å². The average molecular weight is 354 g/mol. The van der Waals surface area contributed by atoms with Gasteiger partial charge in [-0.15, -0.1) is 11.3 Å². The molecule has 1 atom stereocenters. The van der Waals surface area contributed by atoms with Crippen molar-refractivity contribution in [3.05, 3.63) is 57.3 Å². The van der Waals surface area contributed by atoms with E-state index in [1.54, 1.807) is 6.07 Å². The number of fused-ring (bicyclic) bond motifs is 2. The predicted molar refractivity (Wildman–Crippen MR) is 94.7 cm³/mol. The van der Waals surface area contributed by atoms with Gasteiger partial charge in [0, 0.05) is 4.88 Å². The maximum atomic E-state index is 13.0. The number of carbonyl (C=O) groups excluding carboxylic acids is 3. The number of thiophene rings is 1. The Hall–Kier alpha value is -2.47. The highest BCUT2D eigenvalue weighted by Gasteiger charge is 2.55. The summed E-state index contributed by atoms with van der Waals surface area (Å²) in [5.41, 5.74) is 0.931. The Morgan fingerprint density at radius 2 is 2.04 bits per heavy atom. The molecule has 1 unspecified atom stereocenters. The fourth-order valence-corrected chi connectivity index (χ4v) is 4.55. The molecule has 3 amide bonds. The van der Waals surface area contributed by atoms with Crippen molar-refractivity contribution in [2.75, 3.05) is 6.54 Å². The third-order valence-corrected chi connectivity index (χ3v) is 6.28. The van der Waals surface area contributed by atoms with Crippen molar-refractivity contribution in [2.45, 2.75) is 31.7 Å². The van der Waals surface area contributed by atoms with Crippen molar-refractivity contribution in [1.29, 1.82) is 0 Å². The molecular formula is C19H18N2O3S. The van der Waals surface area contributed by atoms with E-state index in [4.69, 9.17) is 0 Å². The smallest absolute Gasteiger partial charge is 0.319 e. The third-order valence-electron chi connectivity index (χ3n) is 5.01. The van der Waals surface area contributed by atoms with Crippen LogP contribution in [0.1, 0.15) is 39.0 Å². The third kappa shape index (κ3) is 2.40. The lowest BCUT2D eigenvalue weighted by Crippen LogP contribution is -2.42. The van der Waals surface area contributed by atoms with Gasteiger partial charge in [-0.25, -0.2) is 4.79 Å². The van der Waals surface area contributed by atoms with Gasteiger partial charge in [-0.05, 0) is 42.5 Å². The second kappa shape index (κ2) is 5.81. The molecule has 128 valence electrons. The van der Waals surface area contributed by atoms with Crippen LogP contribution in [0.25, 0.3) is 0 Å². The van der Waals surface area contributed by atoms with Crippen LogP contribution < -0.4 is 5.32 Å². The molecule has 2 aliphatic rings. The minimum Gasteiger partial charge on any atom is -0.319 e. The molecule has 6 heteroatoms. The van der Waals surface area contributed by atoms with Gasteiger partial charge in [-0.3, -0.25) is 14.5 Å². The van der Waals surface area contributed by atoms with Gasteiger partial charge in [0.25, 0.3) is 5.91 Å². The largest absolute Gasteiger partial charge is 0.325 e. The molecule has 0 radical (unpaired) electrons. The zero-order valence-corrected chi connectivity index (χ0v) is 14.7. The number of nitrogens with zero attached hydrogens (tertiary/aromatic N) is 1. The molecule has 1 saturated heterocycles. The number of ketones is 1. The summed E-state index contributed by atoms with van der Waals surface area (Å²) in [7, 11) is 0. The number of hydrogen-bond acceptors (Lipinski definition) is 4. The average Bonchev–Trinajstić information content (AvgIpc) is 3.30. The Morgan fingerprint density at radius 1 is 1.24 bits per heavy atom. The summed E-state index contributed by atoms with van der Waals surface area (Å²) in [6, 6.07) is 10.9. The number of hydrogen-bond donors (Lipinski definition) is 1. The molecule has 1 N–H and O–H groups in total. The van der Waals surface area contributed by atoms with Crippen molar-refractivity contribution in [2.24, 2.45) is 0 Å². The highest BCUT2D eigenvalue weighted by Crippen LogP contribution is 2.41. The Kier molecular flexibility index (Phi) is 3.72. The minimum absolute atomic E-state index is 0.198. The van der Waals surface area contributed by atoms with E-state index >= 15 is 0 Å². The Bertz CT molecular complexity index is 888. The molecule has 0 saturated carbocycles. The lowest BCUT2D eigenvalue weighted by Gasteiger charge is -2.22. The first-order valence-corrected chi connectivity index (χ1v) is 9.21. The van der Waals surface area contributed by atoms with Crippen LogP contribution in [0.5, 0.6) is 0 Å². The second-order valence-corrected chi connectivity index (χ2v) is 7.59. The summed E-state index contributed by atoms with van der Waals surface area (Å²) in [6.07, 6.45) is 2.15. The summed E-state index contributed by atoms with van der Waals surface area (Å²) in [6.45, 7) is 1.82. The lowest BCUT2D eigenvalue weighted by molar-refractivity contribution is -0.131. The molecule has 4 rings (SSSR count). The van der Waals surface area contributed by atoms with Crippen molar-refractivity contribution < 1.29 is 14.4 Å². The van der Waals surface area contributed by atoms with Gasteiger partial charge >= 0.3 is 6.03 Å². The first-order valence-electron chi connectivity index (χ1n) is 8.39. The van der Waals surface area contributed by atoms with E-state index in [2.05, 4.69) is 5.32 Å². The van der Waals surface area contributed by atoms with E-state index in [1.807, 2.05) is 37.3 Å². The number of urea groups is 1. The first-order chi connectivity index (χ1) is 12.0. The number of aryl methyl sites for hydroxylation is 2. The minimum atomic E-state index is -1.00. The number of Topliss-reactive ketones (excluding diaryl/α,β-unsaturated/α-hetero) is 1. The fraction of sp³-hybridized carbons (Fsp3) is 0.316. The zero-order valence-electron chi connectivity index (χ0n) is 13.9. The lowest BCUT2D eigenvalue weighted by atomic mass is 9.92. The summed E-state index contributed by atoms with van der Waals surface area (Å²) >= 11 is 1.42. The topological polar surface area (TPSA) is 66.5 Å². The highest BCUT2D eigenvalue weighted by molar-refractivity contribution is 7.14. The van der Waals surface area contributed by atoms with Crippen molar-refractivity contribution in [1.82, 2.24) is 10.2 Å². The summed E-state index contributed by atoms with van der Waals surface area (Å²) < 4.78 is 0. The molecule has 1 aromatic heterocycles. The van der Waals surface area contributed by atoms with Crippen molar-refractivity contribution in [3.63, 3.8) is 0 Å². The molecule has 0 bridgehead atoms. The van der Waals surface area contributed by atoms with Crippen LogP contribution >= 0.6 is 11.3 Å². The van der Waals surface area contributed by atoms with Gasteiger partial charge in [0.2, 0.25) is 0 Å². The number of rotatable bonds is 4. The molecular weight excluding hydrogens is 336 g/mol. The molecule has 1 spiro atoms. The van der Waals surface area contributed by atoms with Crippen LogP contribution in [0.15, 0.2) is 36.4 Å². The van der Waals surface area contributed by atoms with Gasteiger partial charge < -0.3 is 5.32 Å². The van der Waals surface area contributed by atoms with E-state index in [9.17, 15) is 14.4 Å². The van der Waals surface area contributed by atoms with E-state index in [-0.39, 0.29) is 18.2 Å². The van der Waals surface area contributed by atoms with Gasteiger partial charge in [-0.1, -0.05) is 31.2 Å². The quantitative estimate of drug-likeness (QED) is 0.678. The SMILES string of the molecule is CCc1ccc(C(=O)CN2C(=O)NC3(CCc4ccccc43)C2=O)s1. The van der Waals surface area contributed by atoms with E-state index in [1.165, 1.54) is 11.3 Å². The molecule has 2 aromatic rings. The van der Waals surface area contributed by atoms with E-state index in [0.29, 0.717) is 11.3 Å². The molecule has 1 aliphatic carbocycles. The summed E-state index contributed by atoms with van der Waals surface area (Å²) in [4.78, 5) is 40.7. The molecule has 2 heterocycles. The van der Waals surface area contributed by atoms with Crippen LogP contribution in [0, 0.1) is 0 Å². The van der Waals surface area contributed by atoms with Gasteiger partial charge in [-0.2, -0.15) is 0 Å². The van der Waals surface area contributed by atoms with E-state index < -0.39 is 11.6 Å². The van der Waals surface area contributed by atoms with Crippen LogP contribution in [-0.2, 0) is 23.2 Å². The Morgan fingerprint density at radius 3 is 2.80 bits per heavy atom. The maximum absolute atomic E-state index is 13.0. The van der Waals surface area contributed by atoms with Crippen LogP contribution in [0.3, 0.4) is 0 Å². The zero-order chi connectivity index (χ0) is 17.6. The predicted octanol–water partition coefficient (Wildman–Crippen LogP) is 2.89. The molecule has 1 aromatic carbocycles. The van der Waals surface area contributed by atoms with Gasteiger partial charge in [0.15, 0.2) is 5.78 Å². The van der Waals surface area contributed by atoms with Gasteiger partial charge in [0.05, 0.1) is 11.4 Å². The number of amides is 3. The number of benzene rings is 1. The molecule has 25 heavy (non-hydrogen) atoms. The summed E-state index contributed by atoms with van der Waals surface area (Å²) in [5.74, 6) is -0.514. The van der Waals surface area contributed by atoms with E-state index in [0.717, 1.165) is 33.7 Å². The van der Waals surface area contributed by atoms with Crippen LogP contribution in [0.4, 0.5) is 4.79 Å². The molecule has 1 aliphatic heterocycles. The highest BCUT2D eigenvalue weighted by atomic mass is 32.1. The second-order valence-electron chi connectivity index (χ2n) is 6.43. The van der Waals surface area contributed by atoms with Crippen molar-refractivity contribution in [3.8, 4) is 0 Å². The Balaban J connectivity index is 1.59. The van der Waals surface area contributed by atoms with Gasteiger partial charge in [0.1, 0.15) is 5.54 Å².